The summed E-state index contributed by atoms with van der Waals surface area (Å²) in [6.45, 7) is 3.27. The maximum absolute atomic E-state index is 12.7. The molecule has 184 valence electrons. The smallest absolute Gasteiger partial charge is 0.408 e. The van der Waals surface area contributed by atoms with E-state index >= 15 is 0 Å². The van der Waals surface area contributed by atoms with Crippen LogP contribution in [0.2, 0.25) is 0 Å². The fourth-order valence-electron chi connectivity index (χ4n) is 2.72. The zero-order chi connectivity index (χ0) is 24.8. The van der Waals surface area contributed by atoms with Gasteiger partial charge in [0, 0.05) is 0 Å². The van der Waals surface area contributed by atoms with Gasteiger partial charge in [0.25, 0.3) is 5.91 Å². The number of benzene rings is 2. The van der Waals surface area contributed by atoms with Crippen LogP contribution in [0.25, 0.3) is 0 Å². The molecule has 2 N–H and O–H groups in total. The van der Waals surface area contributed by atoms with Crippen molar-refractivity contribution in [3.8, 4) is 0 Å². The van der Waals surface area contributed by atoms with E-state index in [-0.39, 0.29) is 26.4 Å². The van der Waals surface area contributed by atoms with Gasteiger partial charge in [0.2, 0.25) is 6.04 Å². The number of rotatable bonds is 13. The molecule has 34 heavy (non-hydrogen) atoms. The first-order chi connectivity index (χ1) is 16.4. The average molecular weight is 492 g/mol. The Hall–Kier alpha value is -3.20. The number of esters is 1. The molecule has 1 unspecified atom stereocenters. The van der Waals surface area contributed by atoms with Gasteiger partial charge in [0.05, 0.1) is 13.2 Å². The molecule has 0 spiro atoms. The standard InChI is InChI=1S/C23H29N2O8P/c1-3-32-34(29,33-4-2)17-24-21(26)20(22(27)30-15-18-11-7-5-8-12-18)25-23(28)31-16-19-13-9-6-10-14-19/h5-14,20H,3-4,15-17H2,1-2H3,(H,24,26)(H,25,28). The Balaban J connectivity index is 2.04. The van der Waals surface area contributed by atoms with Crippen LogP contribution in [-0.4, -0.2) is 43.5 Å². The Morgan fingerprint density at radius 1 is 0.824 bits per heavy atom. The van der Waals surface area contributed by atoms with Gasteiger partial charge in [-0.3, -0.25) is 14.7 Å². The summed E-state index contributed by atoms with van der Waals surface area (Å²) in [6, 6.07) is 16.0. The van der Waals surface area contributed by atoms with Crippen LogP contribution in [0.15, 0.2) is 60.7 Å². The second kappa shape index (κ2) is 14.1. The van der Waals surface area contributed by atoms with Gasteiger partial charge in [-0.15, -0.1) is 0 Å². The minimum atomic E-state index is -3.62. The highest BCUT2D eigenvalue weighted by molar-refractivity contribution is 7.53. The Bertz CT molecular complexity index is 961. The highest BCUT2D eigenvalue weighted by Gasteiger charge is 2.33. The van der Waals surface area contributed by atoms with Crippen molar-refractivity contribution < 1.29 is 37.5 Å². The molecule has 0 saturated carbocycles. The monoisotopic (exact) mass is 492 g/mol. The maximum Gasteiger partial charge on any atom is 0.408 e. The average Bonchev–Trinajstić information content (AvgIpc) is 2.85. The van der Waals surface area contributed by atoms with Crippen molar-refractivity contribution >= 4 is 25.6 Å². The topological polar surface area (TPSA) is 129 Å². The van der Waals surface area contributed by atoms with Gasteiger partial charge in [-0.2, -0.15) is 0 Å². The van der Waals surface area contributed by atoms with E-state index in [0.29, 0.717) is 5.56 Å². The number of ether oxygens (including phenoxy) is 2. The normalized spacial score (nSPS) is 11.8. The Morgan fingerprint density at radius 2 is 1.32 bits per heavy atom. The van der Waals surface area contributed by atoms with Gasteiger partial charge in [-0.1, -0.05) is 60.7 Å². The molecule has 1 atom stereocenters. The number of hydrogen-bond acceptors (Lipinski definition) is 8. The molecule has 10 nitrogen and oxygen atoms in total. The van der Waals surface area contributed by atoms with Crippen LogP contribution in [0.5, 0.6) is 0 Å². The van der Waals surface area contributed by atoms with Gasteiger partial charge < -0.3 is 23.8 Å². The second-order valence-electron chi connectivity index (χ2n) is 6.88. The number of carbonyl (C=O) groups is 3. The van der Waals surface area contributed by atoms with Crippen LogP contribution in [0.4, 0.5) is 4.79 Å². The predicted octanol–water partition coefficient (Wildman–Crippen LogP) is 3.36. The van der Waals surface area contributed by atoms with Crippen molar-refractivity contribution in [2.45, 2.75) is 33.1 Å². The molecule has 0 bridgehead atoms. The third-order valence-corrected chi connectivity index (χ3v) is 6.14. The van der Waals surface area contributed by atoms with Crippen LogP contribution in [0.3, 0.4) is 0 Å². The van der Waals surface area contributed by atoms with Gasteiger partial charge in [0.15, 0.2) is 0 Å². The van der Waals surface area contributed by atoms with Crippen LogP contribution in [0.1, 0.15) is 25.0 Å². The maximum atomic E-state index is 12.7. The fourth-order valence-corrected chi connectivity index (χ4v) is 4.12. The number of alkyl carbamates (subject to hydrolysis) is 1. The van der Waals surface area contributed by atoms with E-state index in [1.54, 1.807) is 68.4 Å². The molecule has 11 heteroatoms. The molecular weight excluding hydrogens is 463 g/mol. The summed E-state index contributed by atoms with van der Waals surface area (Å²) in [6.07, 6.45) is -1.49. The first kappa shape index (κ1) is 27.0. The van der Waals surface area contributed by atoms with Crippen LogP contribution in [0, 0.1) is 0 Å². The quantitative estimate of drug-likeness (QED) is 0.247. The summed E-state index contributed by atoms with van der Waals surface area (Å²) in [5.41, 5.74) is 1.42. The molecular formula is C23H29N2O8P. The van der Waals surface area contributed by atoms with Crippen molar-refractivity contribution in [1.82, 2.24) is 10.6 Å². The Kier molecular flexibility index (Phi) is 11.3. The van der Waals surface area contributed by atoms with Crippen molar-refractivity contribution in [3.05, 3.63) is 71.8 Å². The van der Waals surface area contributed by atoms with E-state index in [0.717, 1.165) is 5.56 Å². The summed E-state index contributed by atoms with van der Waals surface area (Å²) >= 11 is 0. The lowest BCUT2D eigenvalue weighted by Gasteiger charge is -2.20. The molecule has 0 heterocycles. The highest BCUT2D eigenvalue weighted by Crippen LogP contribution is 2.46. The second-order valence-corrected chi connectivity index (χ2v) is 8.93. The fraction of sp³-hybridized carbons (Fsp3) is 0.348. The van der Waals surface area contributed by atoms with Gasteiger partial charge in [-0.25, -0.2) is 9.59 Å². The summed E-state index contributed by atoms with van der Waals surface area (Å²) in [4.78, 5) is 37.7. The molecule has 2 aromatic rings. The molecule has 0 fully saturated rings. The van der Waals surface area contributed by atoms with E-state index in [1.807, 2.05) is 6.07 Å². The van der Waals surface area contributed by atoms with E-state index in [9.17, 15) is 18.9 Å². The Morgan fingerprint density at radius 3 is 1.82 bits per heavy atom. The molecule has 2 rings (SSSR count). The molecule has 0 aliphatic heterocycles. The van der Waals surface area contributed by atoms with Crippen LogP contribution < -0.4 is 10.6 Å². The van der Waals surface area contributed by atoms with E-state index in [4.69, 9.17) is 18.5 Å². The van der Waals surface area contributed by atoms with Gasteiger partial charge >= 0.3 is 19.7 Å². The highest BCUT2D eigenvalue weighted by atomic mass is 31.2. The molecule has 0 saturated heterocycles. The number of amides is 2. The van der Waals surface area contributed by atoms with E-state index in [2.05, 4.69) is 10.6 Å². The minimum absolute atomic E-state index is 0.0655. The lowest BCUT2D eigenvalue weighted by molar-refractivity contribution is -0.150. The van der Waals surface area contributed by atoms with Crippen molar-refractivity contribution in [2.24, 2.45) is 0 Å². The molecule has 0 radical (unpaired) electrons. The third kappa shape index (κ3) is 9.35. The lowest BCUT2D eigenvalue weighted by Crippen LogP contribution is -2.52. The van der Waals surface area contributed by atoms with E-state index < -0.39 is 37.9 Å². The summed E-state index contributed by atoms with van der Waals surface area (Å²) < 4.78 is 33.2. The number of carbonyl (C=O) groups excluding carboxylic acids is 3. The largest absolute Gasteiger partial charge is 0.459 e. The summed E-state index contributed by atoms with van der Waals surface area (Å²) in [5, 5.41) is 4.53. The SMILES string of the molecule is CCOP(=O)(CNC(=O)C(NC(=O)OCc1ccccc1)C(=O)OCc1ccccc1)OCC. The molecule has 2 aromatic carbocycles. The number of nitrogens with one attached hydrogen (secondary N) is 2. The van der Waals surface area contributed by atoms with Crippen molar-refractivity contribution in [1.29, 1.82) is 0 Å². The molecule has 2 amide bonds. The van der Waals surface area contributed by atoms with Crippen molar-refractivity contribution in [3.63, 3.8) is 0 Å². The molecule has 0 aromatic heterocycles. The summed E-state index contributed by atoms with van der Waals surface area (Å²) in [7, 11) is -3.62. The Labute approximate surface area is 198 Å². The number of hydrogen-bond donors (Lipinski definition) is 2. The summed E-state index contributed by atoms with van der Waals surface area (Å²) in [5.74, 6) is -1.96. The zero-order valence-electron chi connectivity index (χ0n) is 19.1. The minimum Gasteiger partial charge on any atom is -0.459 e. The lowest BCUT2D eigenvalue weighted by atomic mass is 10.2. The molecule has 0 aliphatic rings. The van der Waals surface area contributed by atoms with E-state index in [1.165, 1.54) is 0 Å². The van der Waals surface area contributed by atoms with Gasteiger partial charge in [0.1, 0.15) is 19.5 Å². The predicted molar refractivity (Wildman–Crippen MR) is 124 cm³/mol. The third-order valence-electron chi connectivity index (χ3n) is 4.30. The van der Waals surface area contributed by atoms with Gasteiger partial charge in [-0.05, 0) is 25.0 Å². The van der Waals surface area contributed by atoms with Crippen LogP contribution >= 0.6 is 7.60 Å². The molecule has 0 aliphatic carbocycles. The first-order valence-corrected chi connectivity index (χ1v) is 12.4. The first-order valence-electron chi connectivity index (χ1n) is 10.7. The van der Waals surface area contributed by atoms with Crippen molar-refractivity contribution in [2.75, 3.05) is 19.5 Å². The van der Waals surface area contributed by atoms with Crippen LogP contribution in [-0.2, 0) is 45.9 Å². The zero-order valence-corrected chi connectivity index (χ0v) is 20.0.